The minimum absolute atomic E-state index is 0.0709. The summed E-state index contributed by atoms with van der Waals surface area (Å²) in [6, 6.07) is 12.6. The van der Waals surface area contributed by atoms with Crippen LogP contribution in [0.5, 0.6) is 17.2 Å². The quantitative estimate of drug-likeness (QED) is 0.675. The average Bonchev–Trinajstić information content (AvgIpc) is 3.02. The molecule has 0 bridgehead atoms. The van der Waals surface area contributed by atoms with Gasteiger partial charge in [0.15, 0.2) is 17.3 Å². The highest BCUT2D eigenvalue weighted by atomic mass is 16.7. The fourth-order valence-corrected chi connectivity index (χ4v) is 2.27. The molecule has 1 aliphatic heterocycles. The van der Waals surface area contributed by atoms with E-state index in [0.717, 1.165) is 22.9 Å². The minimum atomic E-state index is -0.0709. The molecule has 1 aliphatic rings. The summed E-state index contributed by atoms with van der Waals surface area (Å²) in [5, 5.41) is 3.17. The number of hydrogen-bond donors (Lipinski definition) is 1. The smallest absolute Gasteiger partial charge is 0.231 e. The lowest BCUT2D eigenvalue weighted by molar-refractivity contribution is 0.104. The van der Waals surface area contributed by atoms with E-state index in [4.69, 9.17) is 14.2 Å². The average molecular weight is 311 g/mol. The summed E-state index contributed by atoms with van der Waals surface area (Å²) in [6.07, 6.45) is 1.56. The Labute approximate surface area is 134 Å². The van der Waals surface area contributed by atoms with Gasteiger partial charge in [0.25, 0.3) is 0 Å². The number of benzene rings is 2. The molecule has 0 spiro atoms. The number of rotatable bonds is 5. The van der Waals surface area contributed by atoms with E-state index in [2.05, 4.69) is 5.32 Å². The summed E-state index contributed by atoms with van der Waals surface area (Å²) in [7, 11) is 1.59. The van der Waals surface area contributed by atoms with E-state index in [9.17, 15) is 4.79 Å². The van der Waals surface area contributed by atoms with Gasteiger partial charge in [-0.15, -0.1) is 0 Å². The van der Waals surface area contributed by atoms with Crippen LogP contribution in [-0.4, -0.2) is 19.7 Å². The van der Waals surface area contributed by atoms with Crippen molar-refractivity contribution in [3.05, 3.63) is 59.8 Å². The molecule has 0 unspecified atom stereocenters. The van der Waals surface area contributed by atoms with Crippen molar-refractivity contribution in [1.82, 2.24) is 0 Å². The zero-order valence-electron chi connectivity index (χ0n) is 13.0. The van der Waals surface area contributed by atoms with Crippen molar-refractivity contribution in [2.45, 2.75) is 6.92 Å². The Morgan fingerprint density at radius 2 is 1.87 bits per heavy atom. The summed E-state index contributed by atoms with van der Waals surface area (Å²) >= 11 is 0. The fraction of sp³-hybridized carbons (Fsp3) is 0.167. The molecule has 3 rings (SSSR count). The molecule has 0 aliphatic carbocycles. The number of carbonyl (C=O) groups excluding carboxylic acids is 1. The molecule has 1 heterocycles. The molecule has 5 nitrogen and oxygen atoms in total. The van der Waals surface area contributed by atoms with Crippen LogP contribution in [0, 0.1) is 0 Å². The number of nitrogens with one attached hydrogen (secondary N) is 1. The maximum atomic E-state index is 12.2. The van der Waals surface area contributed by atoms with Gasteiger partial charge in [0.2, 0.25) is 6.79 Å². The highest BCUT2D eigenvalue weighted by Crippen LogP contribution is 2.34. The molecule has 0 atom stereocenters. The van der Waals surface area contributed by atoms with Gasteiger partial charge in [0, 0.05) is 29.1 Å². The number of allylic oxidation sites excluding steroid dienone is 2. The summed E-state index contributed by atoms with van der Waals surface area (Å²) in [5.74, 6) is 2.08. The maximum absolute atomic E-state index is 12.2. The van der Waals surface area contributed by atoms with Crippen molar-refractivity contribution < 1.29 is 19.0 Å². The molecule has 5 heteroatoms. The Bertz CT molecular complexity index is 750. The van der Waals surface area contributed by atoms with Crippen molar-refractivity contribution in [2.75, 3.05) is 19.2 Å². The Kier molecular flexibility index (Phi) is 4.19. The first-order valence-electron chi connectivity index (χ1n) is 7.19. The van der Waals surface area contributed by atoms with Crippen molar-refractivity contribution >= 4 is 11.5 Å². The topological polar surface area (TPSA) is 56.8 Å². The summed E-state index contributed by atoms with van der Waals surface area (Å²) in [6.45, 7) is 2.08. The lowest BCUT2D eigenvalue weighted by Crippen LogP contribution is -2.01. The lowest BCUT2D eigenvalue weighted by Gasteiger charge is -2.07. The number of methoxy groups -OCH3 is 1. The molecule has 1 N–H and O–H groups in total. The third-order valence-corrected chi connectivity index (χ3v) is 3.44. The number of carbonyl (C=O) groups is 1. The van der Waals surface area contributed by atoms with Gasteiger partial charge in [0.1, 0.15) is 5.75 Å². The van der Waals surface area contributed by atoms with E-state index >= 15 is 0 Å². The number of fused-ring (bicyclic) bond motifs is 1. The molecule has 0 fully saturated rings. The van der Waals surface area contributed by atoms with Crippen LogP contribution in [0.3, 0.4) is 0 Å². The molecular weight excluding hydrogens is 294 g/mol. The molecule has 0 saturated heterocycles. The van der Waals surface area contributed by atoms with Crippen LogP contribution in [0.25, 0.3) is 0 Å². The Morgan fingerprint density at radius 3 is 2.61 bits per heavy atom. The van der Waals surface area contributed by atoms with Crippen molar-refractivity contribution in [1.29, 1.82) is 0 Å². The van der Waals surface area contributed by atoms with Crippen LogP contribution in [0.2, 0.25) is 0 Å². The third-order valence-electron chi connectivity index (χ3n) is 3.44. The SMILES string of the molecule is COc1ccc(C(=O)/C=C(\C)Nc2ccc3c(c2)OCO3)cc1. The summed E-state index contributed by atoms with van der Waals surface area (Å²) in [5.41, 5.74) is 2.19. The number of ether oxygens (including phenoxy) is 3. The number of hydrogen-bond acceptors (Lipinski definition) is 5. The monoisotopic (exact) mass is 311 g/mol. The van der Waals surface area contributed by atoms with E-state index in [1.54, 1.807) is 37.5 Å². The second-order valence-electron chi connectivity index (χ2n) is 5.11. The van der Waals surface area contributed by atoms with Gasteiger partial charge in [-0.2, -0.15) is 0 Å². The van der Waals surface area contributed by atoms with Gasteiger partial charge < -0.3 is 19.5 Å². The van der Waals surface area contributed by atoms with Gasteiger partial charge in [0.05, 0.1) is 7.11 Å². The standard InChI is InChI=1S/C18H17NO4/c1-12(9-16(20)13-3-6-15(21-2)7-4-13)19-14-5-8-17-18(10-14)23-11-22-17/h3-10,19H,11H2,1-2H3/b12-9+. The molecule has 0 saturated carbocycles. The van der Waals surface area contributed by atoms with Crippen LogP contribution in [0.1, 0.15) is 17.3 Å². The summed E-state index contributed by atoms with van der Waals surface area (Å²) < 4.78 is 15.7. The Hall–Kier alpha value is -2.95. The molecule has 2 aromatic rings. The normalized spacial score (nSPS) is 12.9. The minimum Gasteiger partial charge on any atom is -0.497 e. The lowest BCUT2D eigenvalue weighted by atomic mass is 10.1. The first kappa shape index (κ1) is 15.0. The molecule has 0 aromatic heterocycles. The Morgan fingerprint density at radius 1 is 1.13 bits per heavy atom. The third kappa shape index (κ3) is 3.45. The zero-order valence-corrected chi connectivity index (χ0v) is 13.0. The predicted molar refractivity (Wildman–Crippen MR) is 87.3 cm³/mol. The van der Waals surface area contributed by atoms with Crippen molar-refractivity contribution in [3.8, 4) is 17.2 Å². The second-order valence-corrected chi connectivity index (χ2v) is 5.11. The van der Waals surface area contributed by atoms with Gasteiger partial charge >= 0.3 is 0 Å². The fourth-order valence-electron chi connectivity index (χ4n) is 2.27. The van der Waals surface area contributed by atoms with E-state index in [0.29, 0.717) is 11.3 Å². The molecular formula is C18H17NO4. The van der Waals surface area contributed by atoms with Crippen LogP contribution >= 0.6 is 0 Å². The first-order chi connectivity index (χ1) is 11.2. The highest BCUT2D eigenvalue weighted by Gasteiger charge is 2.13. The van der Waals surface area contributed by atoms with Gasteiger partial charge in [-0.05, 0) is 43.3 Å². The van der Waals surface area contributed by atoms with E-state index in [1.807, 2.05) is 25.1 Å². The van der Waals surface area contributed by atoms with Crippen molar-refractivity contribution in [3.63, 3.8) is 0 Å². The molecule has 2 aromatic carbocycles. The van der Waals surface area contributed by atoms with Crippen LogP contribution in [-0.2, 0) is 0 Å². The van der Waals surface area contributed by atoms with Crippen LogP contribution < -0.4 is 19.5 Å². The van der Waals surface area contributed by atoms with Gasteiger partial charge in [-0.25, -0.2) is 0 Å². The molecule has 0 radical (unpaired) electrons. The number of ketones is 1. The zero-order chi connectivity index (χ0) is 16.2. The number of anilines is 1. The molecule has 23 heavy (non-hydrogen) atoms. The van der Waals surface area contributed by atoms with E-state index in [1.165, 1.54) is 0 Å². The van der Waals surface area contributed by atoms with E-state index < -0.39 is 0 Å². The predicted octanol–water partition coefficient (Wildman–Crippen LogP) is 3.62. The molecule has 0 amide bonds. The van der Waals surface area contributed by atoms with Crippen molar-refractivity contribution in [2.24, 2.45) is 0 Å². The van der Waals surface area contributed by atoms with Crippen LogP contribution in [0.15, 0.2) is 54.2 Å². The molecule has 118 valence electrons. The van der Waals surface area contributed by atoms with Crippen LogP contribution in [0.4, 0.5) is 5.69 Å². The second kappa shape index (κ2) is 6.44. The Balaban J connectivity index is 1.70. The first-order valence-corrected chi connectivity index (χ1v) is 7.19. The highest BCUT2D eigenvalue weighted by molar-refractivity contribution is 6.05. The van der Waals surface area contributed by atoms with Gasteiger partial charge in [-0.1, -0.05) is 0 Å². The van der Waals surface area contributed by atoms with Gasteiger partial charge in [-0.3, -0.25) is 4.79 Å². The largest absolute Gasteiger partial charge is 0.497 e. The summed E-state index contributed by atoms with van der Waals surface area (Å²) in [4.78, 5) is 12.2. The van der Waals surface area contributed by atoms with E-state index in [-0.39, 0.29) is 12.6 Å². The maximum Gasteiger partial charge on any atom is 0.231 e.